The van der Waals surface area contributed by atoms with Crippen LogP contribution in [0.4, 0.5) is 11.4 Å². The van der Waals surface area contributed by atoms with E-state index < -0.39 is 0 Å². The van der Waals surface area contributed by atoms with Crippen LogP contribution in [0.2, 0.25) is 0 Å². The molecule has 28 heavy (non-hydrogen) atoms. The third-order valence-corrected chi connectivity index (χ3v) is 4.89. The van der Waals surface area contributed by atoms with Crippen LogP contribution in [0.15, 0.2) is 66.7 Å². The molecule has 0 atom stereocenters. The normalized spacial score (nSPS) is 10.4. The van der Waals surface area contributed by atoms with Crippen LogP contribution in [0, 0.1) is 13.8 Å². The number of phenols is 1. The van der Waals surface area contributed by atoms with E-state index >= 15 is 0 Å². The van der Waals surface area contributed by atoms with Gasteiger partial charge in [-0.05, 0) is 61.5 Å². The Labute approximate surface area is 171 Å². The number of nitrogens with one attached hydrogen (secondary N) is 1. The first-order chi connectivity index (χ1) is 13.5. The van der Waals surface area contributed by atoms with Crippen LogP contribution < -0.4 is 15.0 Å². The number of rotatable bonds is 5. The number of ether oxygens (including phenoxy) is 1. The molecule has 3 aromatic carbocycles. The lowest BCUT2D eigenvalue weighted by atomic mass is 10.1. The Hall–Kier alpha value is -3.05. The number of anilines is 2. The summed E-state index contributed by atoms with van der Waals surface area (Å²) < 4.78 is 5.37. The molecule has 0 unspecified atom stereocenters. The number of hydrogen-bond acceptors (Lipinski definition) is 3. The summed E-state index contributed by atoms with van der Waals surface area (Å²) in [6.45, 7) is 4.52. The number of thiocarbonyl (C=S) groups is 1. The topological polar surface area (TPSA) is 44.7 Å². The summed E-state index contributed by atoms with van der Waals surface area (Å²) in [5.41, 5.74) is 4.90. The van der Waals surface area contributed by atoms with Crippen LogP contribution in [0.25, 0.3) is 0 Å². The molecule has 3 rings (SSSR count). The van der Waals surface area contributed by atoms with Crippen molar-refractivity contribution < 1.29 is 9.84 Å². The van der Waals surface area contributed by atoms with Gasteiger partial charge in [-0.1, -0.05) is 36.4 Å². The van der Waals surface area contributed by atoms with E-state index in [0.717, 1.165) is 33.8 Å². The highest BCUT2D eigenvalue weighted by atomic mass is 32.1. The Morgan fingerprint density at radius 1 is 1.04 bits per heavy atom. The Kier molecular flexibility index (Phi) is 6.16. The summed E-state index contributed by atoms with van der Waals surface area (Å²) in [6, 6.07) is 21.2. The van der Waals surface area contributed by atoms with Gasteiger partial charge in [0.15, 0.2) is 5.11 Å². The van der Waals surface area contributed by atoms with Crippen molar-refractivity contribution in [2.75, 3.05) is 17.3 Å². The molecule has 144 valence electrons. The molecule has 2 N–H and O–H groups in total. The van der Waals surface area contributed by atoms with E-state index in [-0.39, 0.29) is 5.75 Å². The molecule has 0 bridgehead atoms. The fraction of sp³-hybridized carbons (Fsp3) is 0.174. The van der Waals surface area contributed by atoms with Gasteiger partial charge in [-0.15, -0.1) is 0 Å². The standard InChI is InChI=1S/C23H24N2O2S/c1-16-11-12-17(2)21(13-16)24-23(28)25(15-18-7-4-5-10-22(18)26)19-8-6-9-20(14-19)27-3/h4-14,26H,15H2,1-3H3,(H,24,28). The van der Waals surface area contributed by atoms with Crippen LogP contribution in [-0.4, -0.2) is 17.3 Å². The van der Waals surface area contributed by atoms with E-state index in [1.807, 2.05) is 48.2 Å². The van der Waals surface area contributed by atoms with E-state index in [2.05, 4.69) is 30.4 Å². The smallest absolute Gasteiger partial charge is 0.178 e. The van der Waals surface area contributed by atoms with Gasteiger partial charge < -0.3 is 20.1 Å². The molecule has 3 aromatic rings. The fourth-order valence-electron chi connectivity index (χ4n) is 2.93. The van der Waals surface area contributed by atoms with Crippen LogP contribution in [0.3, 0.4) is 0 Å². The number of phenolic OH excluding ortho intramolecular Hbond substituents is 1. The minimum atomic E-state index is 0.241. The molecule has 0 spiro atoms. The minimum absolute atomic E-state index is 0.241. The van der Waals surface area contributed by atoms with E-state index in [1.54, 1.807) is 19.2 Å². The average Bonchev–Trinajstić information content (AvgIpc) is 2.70. The van der Waals surface area contributed by atoms with Crippen molar-refractivity contribution in [2.45, 2.75) is 20.4 Å². The average molecular weight is 393 g/mol. The molecule has 4 nitrogen and oxygen atoms in total. The molecule has 0 aliphatic rings. The molecule has 0 saturated carbocycles. The van der Waals surface area contributed by atoms with Gasteiger partial charge in [0.2, 0.25) is 0 Å². The van der Waals surface area contributed by atoms with Gasteiger partial charge in [0.1, 0.15) is 11.5 Å². The number of methoxy groups -OCH3 is 1. The third kappa shape index (κ3) is 4.61. The maximum Gasteiger partial charge on any atom is 0.178 e. The van der Waals surface area contributed by atoms with Gasteiger partial charge in [0, 0.05) is 23.0 Å². The first-order valence-corrected chi connectivity index (χ1v) is 9.45. The van der Waals surface area contributed by atoms with Crippen molar-refractivity contribution in [1.29, 1.82) is 0 Å². The highest BCUT2D eigenvalue weighted by Crippen LogP contribution is 2.27. The molecule has 0 aliphatic heterocycles. The molecule has 5 heteroatoms. The highest BCUT2D eigenvalue weighted by molar-refractivity contribution is 7.80. The molecule has 0 saturated heterocycles. The highest BCUT2D eigenvalue weighted by Gasteiger charge is 2.16. The second-order valence-electron chi connectivity index (χ2n) is 6.66. The quantitative estimate of drug-likeness (QED) is 0.568. The Bertz CT molecular complexity index is 988. The van der Waals surface area contributed by atoms with Gasteiger partial charge >= 0.3 is 0 Å². The van der Waals surface area contributed by atoms with Gasteiger partial charge in [0.25, 0.3) is 0 Å². The lowest BCUT2D eigenvalue weighted by Gasteiger charge is -2.27. The zero-order valence-corrected chi connectivity index (χ0v) is 17.1. The van der Waals surface area contributed by atoms with Gasteiger partial charge in [-0.2, -0.15) is 0 Å². The lowest BCUT2D eigenvalue weighted by molar-refractivity contribution is 0.415. The third-order valence-electron chi connectivity index (χ3n) is 4.56. The largest absolute Gasteiger partial charge is 0.508 e. The minimum Gasteiger partial charge on any atom is -0.508 e. The summed E-state index contributed by atoms with van der Waals surface area (Å²) >= 11 is 5.76. The number of aryl methyl sites for hydroxylation is 2. The molecule has 0 radical (unpaired) electrons. The molecule has 0 aliphatic carbocycles. The second-order valence-corrected chi connectivity index (χ2v) is 7.05. The molecule has 0 fully saturated rings. The summed E-state index contributed by atoms with van der Waals surface area (Å²) in [5.74, 6) is 0.985. The predicted octanol–water partition coefficient (Wildman–Crippen LogP) is 5.42. The van der Waals surface area contributed by atoms with Gasteiger partial charge in [-0.25, -0.2) is 0 Å². The number of nitrogens with zero attached hydrogens (tertiary/aromatic N) is 1. The zero-order valence-electron chi connectivity index (χ0n) is 16.3. The van der Waals surface area contributed by atoms with Crippen molar-refractivity contribution in [2.24, 2.45) is 0 Å². The predicted molar refractivity (Wildman–Crippen MR) is 119 cm³/mol. The van der Waals surface area contributed by atoms with Gasteiger partial charge in [0.05, 0.1) is 13.7 Å². The molecule has 0 amide bonds. The molecule has 0 aromatic heterocycles. The molecular formula is C23H24N2O2S. The summed E-state index contributed by atoms with van der Waals surface area (Å²) in [4.78, 5) is 1.95. The van der Waals surface area contributed by atoms with Crippen molar-refractivity contribution >= 4 is 28.7 Å². The van der Waals surface area contributed by atoms with E-state index in [0.29, 0.717) is 11.7 Å². The summed E-state index contributed by atoms with van der Waals surface area (Å²) in [7, 11) is 1.64. The van der Waals surface area contributed by atoms with Gasteiger partial charge in [-0.3, -0.25) is 0 Å². The number of para-hydroxylation sites is 1. The summed E-state index contributed by atoms with van der Waals surface area (Å²) in [5, 5.41) is 14.2. The summed E-state index contributed by atoms with van der Waals surface area (Å²) in [6.07, 6.45) is 0. The second kappa shape index (κ2) is 8.76. The van der Waals surface area contributed by atoms with Crippen molar-refractivity contribution in [3.8, 4) is 11.5 Å². The Balaban J connectivity index is 1.96. The first kappa shape index (κ1) is 19.7. The number of hydrogen-bond donors (Lipinski definition) is 2. The number of aromatic hydroxyl groups is 1. The maximum absolute atomic E-state index is 10.2. The van der Waals surface area contributed by atoms with Crippen LogP contribution >= 0.6 is 12.2 Å². The Morgan fingerprint density at radius 2 is 1.82 bits per heavy atom. The van der Waals surface area contributed by atoms with Crippen molar-refractivity contribution in [3.05, 3.63) is 83.4 Å². The molecular weight excluding hydrogens is 368 g/mol. The van der Waals surface area contributed by atoms with Crippen molar-refractivity contribution in [3.63, 3.8) is 0 Å². The van der Waals surface area contributed by atoms with Crippen LogP contribution in [0.1, 0.15) is 16.7 Å². The first-order valence-electron chi connectivity index (χ1n) is 9.04. The maximum atomic E-state index is 10.2. The lowest BCUT2D eigenvalue weighted by Crippen LogP contribution is -2.34. The van der Waals surface area contributed by atoms with E-state index in [4.69, 9.17) is 17.0 Å². The number of benzene rings is 3. The SMILES string of the molecule is COc1cccc(N(Cc2ccccc2O)C(=S)Nc2cc(C)ccc2C)c1. The van der Waals surface area contributed by atoms with Crippen LogP contribution in [-0.2, 0) is 6.54 Å². The van der Waals surface area contributed by atoms with Crippen LogP contribution in [0.5, 0.6) is 11.5 Å². The molecule has 0 heterocycles. The van der Waals surface area contributed by atoms with E-state index in [9.17, 15) is 5.11 Å². The zero-order chi connectivity index (χ0) is 20.1. The van der Waals surface area contributed by atoms with E-state index in [1.165, 1.54) is 0 Å². The monoisotopic (exact) mass is 392 g/mol. The fourth-order valence-corrected chi connectivity index (χ4v) is 3.21. The Morgan fingerprint density at radius 3 is 2.57 bits per heavy atom. The van der Waals surface area contributed by atoms with Crippen molar-refractivity contribution in [1.82, 2.24) is 0 Å².